The van der Waals surface area contributed by atoms with E-state index in [-0.39, 0.29) is 0 Å². The lowest BCUT2D eigenvalue weighted by molar-refractivity contribution is -0.175. The molecule has 1 saturated heterocycles. The van der Waals surface area contributed by atoms with Gasteiger partial charge in [0.2, 0.25) is 10.0 Å². The third-order valence-electron chi connectivity index (χ3n) is 5.58. The Morgan fingerprint density at radius 1 is 1.36 bits per heavy atom. The summed E-state index contributed by atoms with van der Waals surface area (Å²) in [7, 11) is -3.34. The smallest absolute Gasteiger partial charge is 0.250 e. The van der Waals surface area contributed by atoms with E-state index < -0.39 is 10.0 Å². The van der Waals surface area contributed by atoms with Crippen molar-refractivity contribution in [3.63, 3.8) is 0 Å². The zero-order valence-corrected chi connectivity index (χ0v) is 14.1. The molecule has 0 radical (unpaired) electrons. The lowest BCUT2D eigenvalue weighted by Crippen LogP contribution is -2.71. The molecule has 1 spiro atoms. The number of sulfonamides is 1. The van der Waals surface area contributed by atoms with Gasteiger partial charge in [0.1, 0.15) is 4.21 Å². The van der Waals surface area contributed by atoms with Gasteiger partial charge < -0.3 is 10.1 Å². The average Bonchev–Trinajstić information content (AvgIpc) is 3.07. The Balaban J connectivity index is 1.29. The molecule has 22 heavy (non-hydrogen) atoms. The molecule has 0 amide bonds. The monoisotopic (exact) mass is 342 g/mol. The number of thiophene rings is 1. The van der Waals surface area contributed by atoms with Gasteiger partial charge >= 0.3 is 0 Å². The first-order chi connectivity index (χ1) is 10.6. The Hall–Kier alpha value is -0.470. The number of nitrogens with one attached hydrogen (secondary N) is 2. The second-order valence-electron chi connectivity index (χ2n) is 6.59. The highest BCUT2D eigenvalue weighted by atomic mass is 32.2. The molecule has 2 aliphatic carbocycles. The van der Waals surface area contributed by atoms with Crippen LogP contribution in [0.25, 0.3) is 0 Å². The second-order valence-corrected chi connectivity index (χ2v) is 9.53. The first kappa shape index (κ1) is 15.1. The minimum atomic E-state index is -3.34. The zero-order chi connectivity index (χ0) is 15.2. The predicted octanol–water partition coefficient (Wildman–Crippen LogP) is 1.57. The minimum Gasteiger partial charge on any atom is -0.377 e. The summed E-state index contributed by atoms with van der Waals surface area (Å²) in [4.78, 5) is 0. The number of hydrogen-bond donors (Lipinski definition) is 2. The molecule has 1 aromatic heterocycles. The lowest BCUT2D eigenvalue weighted by Gasteiger charge is -2.63. The summed E-state index contributed by atoms with van der Waals surface area (Å²) >= 11 is 1.25. The maximum Gasteiger partial charge on any atom is 0.250 e. The molecule has 1 aliphatic heterocycles. The van der Waals surface area contributed by atoms with Crippen molar-refractivity contribution >= 4 is 21.4 Å². The van der Waals surface area contributed by atoms with E-state index in [0.29, 0.717) is 40.8 Å². The minimum absolute atomic E-state index is 0.355. The Kier molecular flexibility index (Phi) is 3.81. The fourth-order valence-electron chi connectivity index (χ4n) is 4.46. The Bertz CT molecular complexity index is 625. The molecule has 7 heteroatoms. The molecule has 3 aliphatic rings. The lowest BCUT2D eigenvalue weighted by atomic mass is 9.46. The van der Waals surface area contributed by atoms with Gasteiger partial charge in [0, 0.05) is 37.1 Å². The van der Waals surface area contributed by atoms with Crippen LogP contribution in [0, 0.1) is 11.3 Å². The van der Waals surface area contributed by atoms with Gasteiger partial charge in [-0.1, -0.05) is 12.5 Å². The molecule has 2 heterocycles. The van der Waals surface area contributed by atoms with Crippen molar-refractivity contribution in [2.75, 3.05) is 19.7 Å². The van der Waals surface area contributed by atoms with E-state index in [1.165, 1.54) is 30.6 Å². The van der Waals surface area contributed by atoms with E-state index >= 15 is 0 Å². The third kappa shape index (κ3) is 2.26. The van der Waals surface area contributed by atoms with Gasteiger partial charge in [-0.25, -0.2) is 13.1 Å². The van der Waals surface area contributed by atoms with Crippen molar-refractivity contribution in [1.82, 2.24) is 10.0 Å². The predicted molar refractivity (Wildman–Crippen MR) is 85.4 cm³/mol. The highest BCUT2D eigenvalue weighted by molar-refractivity contribution is 7.91. The van der Waals surface area contributed by atoms with Gasteiger partial charge in [0.05, 0.1) is 6.10 Å². The molecule has 2 saturated carbocycles. The number of ether oxygens (including phenoxy) is 1. The van der Waals surface area contributed by atoms with Crippen LogP contribution < -0.4 is 10.0 Å². The summed E-state index contributed by atoms with van der Waals surface area (Å²) in [6.07, 6.45) is 5.42. The van der Waals surface area contributed by atoms with E-state index in [9.17, 15) is 8.42 Å². The van der Waals surface area contributed by atoms with Gasteiger partial charge in [-0.15, -0.1) is 11.3 Å². The maximum absolute atomic E-state index is 12.1. The molecule has 122 valence electrons. The number of fused-ring (bicyclic) bond motifs is 2. The normalized spacial score (nSPS) is 32.5. The van der Waals surface area contributed by atoms with E-state index in [0.717, 1.165) is 13.0 Å². The van der Waals surface area contributed by atoms with Crippen LogP contribution in [-0.2, 0) is 14.8 Å². The van der Waals surface area contributed by atoms with Crippen LogP contribution in [-0.4, -0.2) is 40.3 Å². The van der Waals surface area contributed by atoms with E-state index in [1.54, 1.807) is 17.5 Å². The largest absolute Gasteiger partial charge is 0.377 e. The van der Waals surface area contributed by atoms with Gasteiger partial charge in [-0.3, -0.25) is 0 Å². The van der Waals surface area contributed by atoms with Crippen LogP contribution in [0.3, 0.4) is 0 Å². The van der Waals surface area contributed by atoms with Crippen molar-refractivity contribution < 1.29 is 13.2 Å². The maximum atomic E-state index is 12.1. The summed E-state index contributed by atoms with van der Waals surface area (Å²) in [5, 5.41) is 5.38. The summed E-state index contributed by atoms with van der Waals surface area (Å²) in [5.74, 6) is 0.634. The summed E-state index contributed by atoms with van der Waals surface area (Å²) in [6.45, 7) is 2.01. The molecule has 3 unspecified atom stereocenters. The molecule has 3 fully saturated rings. The summed E-state index contributed by atoms with van der Waals surface area (Å²) in [6, 6.07) is 3.91. The SMILES string of the molecule is O=S(=O)(NCCNC1C2CCOC2C12CCC2)c1cccs1. The number of rotatable bonds is 6. The molecule has 2 N–H and O–H groups in total. The average molecular weight is 342 g/mol. The topological polar surface area (TPSA) is 67.4 Å². The van der Waals surface area contributed by atoms with Crippen molar-refractivity contribution in [2.24, 2.45) is 11.3 Å². The summed E-state index contributed by atoms with van der Waals surface area (Å²) in [5.41, 5.74) is 0.355. The van der Waals surface area contributed by atoms with Crippen molar-refractivity contribution in [1.29, 1.82) is 0 Å². The first-order valence-electron chi connectivity index (χ1n) is 8.02. The molecule has 0 aromatic carbocycles. The molecule has 4 rings (SSSR count). The molecule has 5 nitrogen and oxygen atoms in total. The molecule has 1 aromatic rings. The zero-order valence-electron chi connectivity index (χ0n) is 12.5. The van der Waals surface area contributed by atoms with E-state index in [1.807, 2.05) is 0 Å². The fraction of sp³-hybridized carbons (Fsp3) is 0.733. The molecular formula is C15H22N2O3S2. The van der Waals surface area contributed by atoms with Crippen molar-refractivity contribution in [2.45, 2.75) is 42.0 Å². The van der Waals surface area contributed by atoms with Gasteiger partial charge in [-0.2, -0.15) is 0 Å². The summed E-state index contributed by atoms with van der Waals surface area (Å²) < 4.78 is 33.1. The van der Waals surface area contributed by atoms with Crippen molar-refractivity contribution in [3.8, 4) is 0 Å². The highest BCUT2D eigenvalue weighted by Crippen LogP contribution is 2.62. The van der Waals surface area contributed by atoms with Crippen LogP contribution in [0.4, 0.5) is 0 Å². The molecule has 3 atom stereocenters. The van der Waals surface area contributed by atoms with Gasteiger partial charge in [0.25, 0.3) is 0 Å². The first-order valence-corrected chi connectivity index (χ1v) is 10.4. The van der Waals surface area contributed by atoms with Gasteiger partial charge in [0.15, 0.2) is 0 Å². The van der Waals surface area contributed by atoms with Crippen LogP contribution in [0.1, 0.15) is 25.7 Å². The van der Waals surface area contributed by atoms with Gasteiger partial charge in [-0.05, 0) is 30.7 Å². The van der Waals surface area contributed by atoms with Crippen LogP contribution >= 0.6 is 11.3 Å². The molecule has 0 bridgehead atoms. The quantitative estimate of drug-likeness (QED) is 0.770. The number of hydrogen-bond acceptors (Lipinski definition) is 5. The third-order valence-corrected chi connectivity index (χ3v) is 8.44. The van der Waals surface area contributed by atoms with E-state index in [2.05, 4.69) is 10.0 Å². The fourth-order valence-corrected chi connectivity index (χ4v) is 6.53. The Morgan fingerprint density at radius 3 is 2.91 bits per heavy atom. The van der Waals surface area contributed by atoms with E-state index in [4.69, 9.17) is 4.74 Å². The Morgan fingerprint density at radius 2 is 2.23 bits per heavy atom. The standard InChI is InChI=1S/C15H22N2O3S2/c18-22(19,12-3-1-10-21-12)17-8-7-16-13-11-4-9-20-14(11)15(13)5-2-6-15/h1,3,10-11,13-14,16-17H,2,4-9H2. The van der Waals surface area contributed by atoms with Crippen LogP contribution in [0.15, 0.2) is 21.7 Å². The Labute approximate surface area is 135 Å². The molecular weight excluding hydrogens is 320 g/mol. The second kappa shape index (κ2) is 5.56. The van der Waals surface area contributed by atoms with Crippen LogP contribution in [0.5, 0.6) is 0 Å². The highest BCUT2D eigenvalue weighted by Gasteiger charge is 2.66. The van der Waals surface area contributed by atoms with Crippen molar-refractivity contribution in [3.05, 3.63) is 17.5 Å². The van der Waals surface area contributed by atoms with Crippen LogP contribution in [0.2, 0.25) is 0 Å².